The van der Waals surface area contributed by atoms with Crippen molar-refractivity contribution in [3.05, 3.63) is 6.57 Å². The summed E-state index contributed by atoms with van der Waals surface area (Å²) in [6.07, 6.45) is 0. The van der Waals surface area contributed by atoms with Crippen LogP contribution in [-0.2, 0) is 25.0 Å². The molecule has 0 saturated heterocycles. The Morgan fingerprint density at radius 1 is 1.20 bits per heavy atom. The number of hydrogen-bond donors (Lipinski definition) is 0. The summed E-state index contributed by atoms with van der Waals surface area (Å²) < 4.78 is 0. The van der Waals surface area contributed by atoms with Crippen molar-refractivity contribution in [2.75, 3.05) is 0 Å². The molecule has 5 heavy (non-hydrogen) atoms. The van der Waals surface area contributed by atoms with E-state index in [1.165, 1.54) is 0 Å². The van der Waals surface area contributed by atoms with Gasteiger partial charge in [0.1, 0.15) is 0 Å². The molecule has 0 saturated carbocycles. The van der Waals surface area contributed by atoms with Crippen LogP contribution in [0.2, 0.25) is 0 Å². The van der Waals surface area contributed by atoms with Gasteiger partial charge in [-0.05, 0) is 0 Å². The van der Waals surface area contributed by atoms with E-state index < -0.39 is 0 Å². The molecule has 0 amide bonds. The molecule has 0 aliphatic heterocycles. The first-order chi connectivity index (χ1) is 1.00. The molecule has 0 atom stereocenters. The molecule has 0 aliphatic rings. The van der Waals surface area contributed by atoms with Gasteiger partial charge < -0.3 is 17.3 Å². The van der Waals surface area contributed by atoms with Crippen molar-refractivity contribution in [3.63, 3.8) is 0 Å². The summed E-state index contributed by atoms with van der Waals surface area (Å²) >= 11 is 0. The zero-order chi connectivity index (χ0) is 2.00. The molecule has 0 aliphatic carbocycles. The van der Waals surface area contributed by atoms with Gasteiger partial charge in [0.2, 0.25) is 0 Å². The quantitative estimate of drug-likeness (QED) is 0.254. The second kappa shape index (κ2) is 73.1. The first kappa shape index (κ1) is 36.4. The van der Waals surface area contributed by atoms with Crippen LogP contribution in [0.3, 0.4) is 0 Å². The maximum atomic E-state index is 6.25. The van der Waals surface area contributed by atoms with E-state index in [1.807, 2.05) is 0 Å². The molecular formula is CNNaOZn. The topological polar surface area (TPSA) is 52.3 Å². The summed E-state index contributed by atoms with van der Waals surface area (Å²) in [6, 6.07) is 0. The van der Waals surface area contributed by atoms with Gasteiger partial charge in [-0.1, -0.05) is 0 Å². The van der Waals surface area contributed by atoms with Crippen LogP contribution in [0.1, 0.15) is 0 Å². The molecule has 0 aromatic carbocycles. The van der Waals surface area contributed by atoms with Crippen molar-refractivity contribution < 1.29 is 54.5 Å². The van der Waals surface area contributed by atoms with E-state index in [-0.39, 0.29) is 54.5 Å². The average Bonchev–Trinajstić information content (AvgIpc) is 1.00. The Kier molecular flexibility index (Phi) is 531. The molecule has 0 aromatic heterocycles. The maximum absolute atomic E-state index is 6.25. The fourth-order valence-electron chi connectivity index (χ4n) is 0. The Balaban J connectivity index is -0.00000000167. The maximum Gasteiger partial charge on any atom is 2.00 e. The molecule has 0 unspecified atom stereocenters. The van der Waals surface area contributed by atoms with Crippen LogP contribution < -0.4 is 29.6 Å². The molecule has 0 bridgehead atoms. The number of hydrogen-bond acceptors (Lipinski definition) is 1. The molecule has 0 aromatic rings. The number of rotatable bonds is 0. The van der Waals surface area contributed by atoms with E-state index in [4.69, 9.17) is 11.8 Å². The smallest absolute Gasteiger partial charge is 2.00 e. The Morgan fingerprint density at radius 2 is 1.20 bits per heavy atom. The molecule has 0 N–H and O–H groups in total. The Labute approximate surface area is 65.9 Å². The molecular weight excluding hydrogens is 130 g/mol. The van der Waals surface area contributed by atoms with E-state index in [0.29, 0.717) is 0 Å². The van der Waals surface area contributed by atoms with E-state index in [2.05, 4.69) is 0 Å². The number of nitrogens with zero attached hydrogens (tertiary/aromatic N) is 1. The summed E-state index contributed by atoms with van der Waals surface area (Å²) in [7, 11) is 0. The molecule has 4 heteroatoms. The van der Waals surface area contributed by atoms with Gasteiger partial charge in [-0.15, -0.1) is 0 Å². The summed E-state index contributed by atoms with van der Waals surface area (Å²) in [4.78, 5) is 0. The fourth-order valence-corrected chi connectivity index (χ4v) is 0. The minimum absolute atomic E-state index is 0. The van der Waals surface area contributed by atoms with Crippen LogP contribution in [-0.4, -0.2) is 0 Å². The predicted octanol–water partition coefficient (Wildman–Crippen LogP) is -3.02. The minimum Gasteiger partial charge on any atom is -2.00 e. The van der Waals surface area contributed by atoms with Crippen molar-refractivity contribution in [3.8, 4) is 0 Å². The molecule has 0 spiro atoms. The Bertz CT molecular complexity index is 16.4. The monoisotopic (exact) mass is 129 g/mol. The van der Waals surface area contributed by atoms with E-state index in [0.717, 1.165) is 0 Å². The van der Waals surface area contributed by atoms with E-state index >= 15 is 0 Å². The second-order valence-corrected chi connectivity index (χ2v) is 0. The summed E-state index contributed by atoms with van der Waals surface area (Å²) in [6.45, 7) is 4.75. The summed E-state index contributed by atoms with van der Waals surface area (Å²) in [5.41, 5.74) is 0. The van der Waals surface area contributed by atoms with Crippen LogP contribution in [0.15, 0.2) is 0 Å². The van der Waals surface area contributed by atoms with Crippen LogP contribution in [0.5, 0.6) is 0 Å². The van der Waals surface area contributed by atoms with Gasteiger partial charge in [-0.3, -0.25) is 0 Å². The third-order valence-electron chi connectivity index (χ3n) is 0. The van der Waals surface area contributed by atoms with Gasteiger partial charge in [0.25, 0.3) is 0 Å². The minimum atomic E-state index is 0. The van der Waals surface area contributed by atoms with E-state index in [1.54, 1.807) is 0 Å². The summed E-state index contributed by atoms with van der Waals surface area (Å²) in [5.74, 6) is 0. The van der Waals surface area contributed by atoms with Crippen LogP contribution in [0.25, 0.3) is 0 Å². The van der Waals surface area contributed by atoms with Gasteiger partial charge in [0.15, 0.2) is 0 Å². The molecule has 0 heterocycles. The zero-order valence-electron chi connectivity index (χ0n) is 3.06. The fraction of sp³-hybridized carbons (Fsp3) is 0. The first-order valence-electron chi connectivity index (χ1n) is 0.224. The van der Waals surface area contributed by atoms with Crippen LogP contribution >= 0.6 is 0 Å². The zero-order valence-corrected chi connectivity index (χ0v) is 8.03. The van der Waals surface area contributed by atoms with E-state index in [9.17, 15) is 0 Å². The molecule has 2 nitrogen and oxygen atoms in total. The summed E-state index contributed by atoms with van der Waals surface area (Å²) in [5, 5.41) is 6.25. The first-order valence-corrected chi connectivity index (χ1v) is 0.224. The van der Waals surface area contributed by atoms with Gasteiger partial charge in [-0.2, -0.15) is 0 Å². The third-order valence-corrected chi connectivity index (χ3v) is 0. The van der Waals surface area contributed by atoms with Crippen LogP contribution in [0.4, 0.5) is 0 Å². The van der Waals surface area contributed by atoms with Gasteiger partial charge >= 0.3 is 49.0 Å². The van der Waals surface area contributed by atoms with Gasteiger partial charge in [0.05, 0.1) is 0 Å². The molecule has 0 radical (unpaired) electrons. The largest absolute Gasteiger partial charge is 2.00 e. The standard InChI is InChI=1S/CN.Na.O.Zn/c1-2;;;/q-1;+1;-2;+2. The van der Waals surface area contributed by atoms with Crippen molar-refractivity contribution in [2.45, 2.75) is 0 Å². The Hall–Kier alpha value is 1.07. The van der Waals surface area contributed by atoms with Crippen molar-refractivity contribution in [1.29, 1.82) is 5.26 Å². The third kappa shape index (κ3) is 41.6. The Morgan fingerprint density at radius 3 is 1.20 bits per heavy atom. The molecule has 0 fully saturated rings. The molecule has 18 valence electrons. The van der Waals surface area contributed by atoms with Crippen molar-refractivity contribution in [2.24, 2.45) is 0 Å². The van der Waals surface area contributed by atoms with Crippen molar-refractivity contribution >= 4 is 0 Å². The predicted molar refractivity (Wildman–Crippen MR) is 5.65 cm³/mol. The van der Waals surface area contributed by atoms with Gasteiger partial charge in [0, 0.05) is 0 Å². The van der Waals surface area contributed by atoms with Crippen LogP contribution in [0, 0.1) is 11.8 Å². The second-order valence-electron chi connectivity index (χ2n) is 0. The SMILES string of the molecule is [C-]#N.[Na+].[O-2].[Zn+2]. The van der Waals surface area contributed by atoms with Crippen molar-refractivity contribution in [1.82, 2.24) is 0 Å². The molecule has 0 rings (SSSR count). The average molecular weight is 130 g/mol. The normalized spacial score (nSPS) is 0.400. The van der Waals surface area contributed by atoms with Gasteiger partial charge in [-0.25, -0.2) is 0 Å².